The predicted octanol–water partition coefficient (Wildman–Crippen LogP) is 14.7. The van der Waals surface area contributed by atoms with Crippen molar-refractivity contribution in [3.8, 4) is 79.0 Å². The molecule has 0 fully saturated rings. The van der Waals surface area contributed by atoms with Gasteiger partial charge in [0.2, 0.25) is 5.89 Å². The first-order chi connectivity index (χ1) is 30.7. The summed E-state index contributed by atoms with van der Waals surface area (Å²) in [6.07, 6.45) is 0. The van der Waals surface area contributed by atoms with Gasteiger partial charge in [0.1, 0.15) is 16.7 Å². The van der Waals surface area contributed by atoms with Crippen LogP contribution in [0.2, 0.25) is 0 Å². The highest BCUT2D eigenvalue weighted by atomic mass is 16.4. The quantitative estimate of drug-likeness (QED) is 0.160. The number of benzene rings is 9. The average molecular weight is 795 g/mol. The predicted molar refractivity (Wildman–Crippen MR) is 250 cm³/mol. The number of hydrogen-bond acceptors (Lipinski definition) is 6. The molecule has 6 heteroatoms. The molecule has 0 saturated heterocycles. The van der Waals surface area contributed by atoms with Gasteiger partial charge in [-0.1, -0.05) is 164 Å². The minimum Gasteiger partial charge on any atom is -0.456 e. The zero-order valence-electron chi connectivity index (χ0n) is 33.2. The number of hydrogen-bond donors (Lipinski definition) is 0. The Labute approximate surface area is 356 Å². The summed E-state index contributed by atoms with van der Waals surface area (Å²) in [7, 11) is 0. The van der Waals surface area contributed by atoms with Gasteiger partial charge in [0, 0.05) is 27.6 Å². The average Bonchev–Trinajstić information content (AvgIpc) is 3.97. The molecular weight excluding hydrogens is 761 g/mol. The summed E-state index contributed by atoms with van der Waals surface area (Å²) in [6.45, 7) is 0. The van der Waals surface area contributed by atoms with Gasteiger partial charge in [-0.2, -0.15) is 0 Å². The molecule has 0 amide bonds. The highest BCUT2D eigenvalue weighted by Crippen LogP contribution is 2.41. The second-order valence-electron chi connectivity index (χ2n) is 15.4. The van der Waals surface area contributed by atoms with Crippen molar-refractivity contribution >= 4 is 43.8 Å². The molecule has 0 aliphatic rings. The van der Waals surface area contributed by atoms with Crippen LogP contribution in [0.15, 0.2) is 215 Å². The fraction of sp³-hybridized carbons (Fsp3) is 0. The van der Waals surface area contributed by atoms with E-state index in [1.165, 1.54) is 11.1 Å². The standard InChI is InChI=1S/C56H34N4O2/c1-4-13-35(14-5-1)36-23-25-37(26-24-36)41-19-12-20-42(33-41)53-58-54(60-55(59-53)45-22-11-10-21-44(45)38-15-6-2-7-16-38)43-28-27-39-29-30-47-50(46(39)34-43)51-48(61-47)31-32-49-52(51)57-56(62-49)40-17-8-3-9-18-40/h1-34H. The zero-order chi connectivity index (χ0) is 41.0. The molecular formula is C56H34N4O2. The molecule has 0 radical (unpaired) electrons. The van der Waals surface area contributed by atoms with E-state index in [1.807, 2.05) is 66.7 Å². The van der Waals surface area contributed by atoms with Gasteiger partial charge in [0.05, 0.1) is 5.39 Å². The number of rotatable bonds is 7. The lowest BCUT2D eigenvalue weighted by Gasteiger charge is -2.13. The van der Waals surface area contributed by atoms with Crippen LogP contribution in [0.1, 0.15) is 0 Å². The van der Waals surface area contributed by atoms with Crippen LogP contribution in [0.25, 0.3) is 123 Å². The molecule has 6 nitrogen and oxygen atoms in total. The first kappa shape index (κ1) is 35.5. The number of nitrogens with zero attached hydrogens (tertiary/aromatic N) is 4. The van der Waals surface area contributed by atoms with Crippen molar-refractivity contribution < 1.29 is 8.83 Å². The maximum absolute atomic E-state index is 6.49. The van der Waals surface area contributed by atoms with Crippen molar-refractivity contribution in [2.45, 2.75) is 0 Å². The second-order valence-corrected chi connectivity index (χ2v) is 15.4. The van der Waals surface area contributed by atoms with Crippen molar-refractivity contribution in [2.75, 3.05) is 0 Å². The van der Waals surface area contributed by atoms with Gasteiger partial charge in [-0.25, -0.2) is 19.9 Å². The van der Waals surface area contributed by atoms with Crippen LogP contribution < -0.4 is 0 Å². The Bertz CT molecular complexity index is 3620. The Balaban J connectivity index is 1.04. The second kappa shape index (κ2) is 14.7. The van der Waals surface area contributed by atoms with Crippen molar-refractivity contribution in [1.82, 2.24) is 19.9 Å². The van der Waals surface area contributed by atoms with Crippen molar-refractivity contribution in [2.24, 2.45) is 0 Å². The first-order valence-corrected chi connectivity index (χ1v) is 20.6. The summed E-state index contributed by atoms with van der Waals surface area (Å²) in [4.78, 5) is 20.8. The van der Waals surface area contributed by atoms with Gasteiger partial charge < -0.3 is 8.83 Å². The van der Waals surface area contributed by atoms with Crippen LogP contribution in [0.5, 0.6) is 0 Å². The third-order valence-electron chi connectivity index (χ3n) is 11.6. The maximum atomic E-state index is 6.49. The number of aromatic nitrogens is 4. The summed E-state index contributed by atoms with van der Waals surface area (Å²) in [5.74, 6) is 2.31. The molecule has 0 aliphatic heterocycles. The lowest BCUT2D eigenvalue weighted by Crippen LogP contribution is -2.01. The largest absolute Gasteiger partial charge is 0.456 e. The Morgan fingerprint density at radius 2 is 0.790 bits per heavy atom. The molecule has 12 rings (SSSR count). The normalized spacial score (nSPS) is 11.5. The van der Waals surface area contributed by atoms with E-state index >= 15 is 0 Å². The fourth-order valence-electron chi connectivity index (χ4n) is 8.53. The molecule has 62 heavy (non-hydrogen) atoms. The summed E-state index contributed by atoms with van der Waals surface area (Å²) in [5, 5.41) is 3.94. The molecule has 3 aromatic heterocycles. The van der Waals surface area contributed by atoms with Crippen LogP contribution in [0.4, 0.5) is 0 Å². The van der Waals surface area contributed by atoms with E-state index in [0.29, 0.717) is 28.9 Å². The third-order valence-corrected chi connectivity index (χ3v) is 11.6. The van der Waals surface area contributed by atoms with Gasteiger partial charge in [-0.05, 0) is 86.6 Å². The van der Waals surface area contributed by atoms with Gasteiger partial charge in [0.25, 0.3) is 0 Å². The molecule has 290 valence electrons. The van der Waals surface area contributed by atoms with Crippen LogP contribution in [0.3, 0.4) is 0 Å². The molecule has 0 N–H and O–H groups in total. The smallest absolute Gasteiger partial charge is 0.227 e. The monoisotopic (exact) mass is 794 g/mol. The summed E-state index contributed by atoms with van der Waals surface area (Å²) in [6, 6.07) is 70.6. The van der Waals surface area contributed by atoms with Gasteiger partial charge >= 0.3 is 0 Å². The van der Waals surface area contributed by atoms with E-state index < -0.39 is 0 Å². The molecule has 9 aromatic carbocycles. The Hall–Kier alpha value is -8.48. The number of furan rings is 1. The van der Waals surface area contributed by atoms with Crippen LogP contribution >= 0.6 is 0 Å². The fourth-order valence-corrected chi connectivity index (χ4v) is 8.53. The lowest BCUT2D eigenvalue weighted by atomic mass is 9.98. The minimum absolute atomic E-state index is 0.565. The highest BCUT2D eigenvalue weighted by molar-refractivity contribution is 6.25. The third kappa shape index (κ3) is 6.21. The minimum atomic E-state index is 0.565. The summed E-state index contributed by atoms with van der Waals surface area (Å²) in [5.41, 5.74) is 13.2. The molecule has 3 heterocycles. The van der Waals surface area contributed by atoms with Crippen LogP contribution in [0, 0.1) is 0 Å². The SMILES string of the molecule is c1ccc(-c2ccc(-c3cccc(-c4nc(-c5ccc6ccc7oc8ccc9oc(-c%10ccccc%10)nc9c8c7c6c5)nc(-c5ccccc5-c5ccccc5)n4)c3)cc2)cc1. The molecule has 12 aromatic rings. The molecule has 0 aliphatic carbocycles. The van der Waals surface area contributed by atoms with E-state index in [-0.39, 0.29) is 0 Å². The molecule has 0 bridgehead atoms. The van der Waals surface area contributed by atoms with E-state index in [9.17, 15) is 0 Å². The van der Waals surface area contributed by atoms with Crippen LogP contribution in [-0.4, -0.2) is 19.9 Å². The first-order valence-electron chi connectivity index (χ1n) is 20.6. The Morgan fingerprint density at radius 1 is 0.290 bits per heavy atom. The van der Waals surface area contributed by atoms with E-state index in [0.717, 1.165) is 82.7 Å². The van der Waals surface area contributed by atoms with Gasteiger partial charge in [0.15, 0.2) is 23.1 Å². The van der Waals surface area contributed by atoms with Crippen molar-refractivity contribution in [1.29, 1.82) is 0 Å². The molecule has 0 atom stereocenters. The van der Waals surface area contributed by atoms with Crippen LogP contribution in [-0.2, 0) is 0 Å². The molecule has 0 unspecified atom stereocenters. The maximum Gasteiger partial charge on any atom is 0.227 e. The topological polar surface area (TPSA) is 77.8 Å². The van der Waals surface area contributed by atoms with Crippen molar-refractivity contribution in [3.05, 3.63) is 206 Å². The Kier molecular flexibility index (Phi) is 8.38. The summed E-state index contributed by atoms with van der Waals surface area (Å²) >= 11 is 0. The van der Waals surface area contributed by atoms with Gasteiger partial charge in [-0.3, -0.25) is 0 Å². The lowest BCUT2D eigenvalue weighted by molar-refractivity contribution is 0.619. The zero-order valence-corrected chi connectivity index (χ0v) is 33.2. The Morgan fingerprint density at radius 3 is 1.53 bits per heavy atom. The van der Waals surface area contributed by atoms with E-state index in [1.54, 1.807) is 0 Å². The number of oxazole rings is 1. The highest BCUT2D eigenvalue weighted by Gasteiger charge is 2.20. The van der Waals surface area contributed by atoms with E-state index in [4.69, 9.17) is 28.8 Å². The summed E-state index contributed by atoms with van der Waals surface area (Å²) < 4.78 is 12.8. The van der Waals surface area contributed by atoms with Gasteiger partial charge in [-0.15, -0.1) is 0 Å². The molecule has 0 saturated carbocycles. The van der Waals surface area contributed by atoms with E-state index in [2.05, 4.69) is 140 Å². The van der Waals surface area contributed by atoms with Crippen molar-refractivity contribution in [3.63, 3.8) is 0 Å². The molecule has 0 spiro atoms. The number of fused-ring (bicyclic) bond motifs is 7.